The van der Waals surface area contributed by atoms with E-state index in [4.69, 9.17) is 24.8 Å². The molecule has 9 heterocycles. The van der Waals surface area contributed by atoms with Crippen molar-refractivity contribution in [3.63, 3.8) is 0 Å². The van der Waals surface area contributed by atoms with Crippen molar-refractivity contribution in [3.05, 3.63) is 181 Å². The van der Waals surface area contributed by atoms with Gasteiger partial charge in [-0.25, -0.2) is 31.3 Å². The number of hydrogen-bond acceptors (Lipinski definition) is 13. The van der Waals surface area contributed by atoms with Gasteiger partial charge in [0.1, 0.15) is 17.8 Å². The molecule has 6 aromatic heterocycles. The molecule has 0 spiro atoms. The number of benzene rings is 3. The van der Waals surface area contributed by atoms with Crippen LogP contribution < -0.4 is 26.3 Å². The van der Waals surface area contributed by atoms with Crippen LogP contribution in [0, 0.1) is 52.4 Å². The summed E-state index contributed by atoms with van der Waals surface area (Å²) in [5.41, 5.74) is 15.2. The lowest BCUT2D eigenvalue weighted by Crippen LogP contribution is -2.41. The number of nitrogens with zero attached hydrogens (tertiary/aromatic N) is 8. The third-order valence-electron chi connectivity index (χ3n) is 20.9. The molecule has 3 aliphatic rings. The fourth-order valence-electron chi connectivity index (χ4n) is 15.9. The van der Waals surface area contributed by atoms with Crippen LogP contribution in [0.25, 0.3) is 32.7 Å². The van der Waals surface area contributed by atoms with Gasteiger partial charge >= 0.3 is 6.15 Å². The predicted octanol–water partition coefficient (Wildman–Crippen LogP) is 14.9. The number of pyridine rings is 2. The van der Waals surface area contributed by atoms with Crippen molar-refractivity contribution in [1.29, 1.82) is 0 Å². The Morgan fingerprint density at radius 1 is 0.571 bits per heavy atom. The maximum absolute atomic E-state index is 13.6. The van der Waals surface area contributed by atoms with Gasteiger partial charge in [0.2, 0.25) is 0 Å². The maximum Gasteiger partial charge on any atom is 0.373 e. The van der Waals surface area contributed by atoms with Crippen molar-refractivity contribution in [2.75, 3.05) is 73.1 Å². The molecule has 3 aliphatic heterocycles. The Kier molecular flexibility index (Phi) is 28.0. The quantitative estimate of drug-likeness (QED) is 0.0478. The number of aromatic amines is 2. The Morgan fingerprint density at radius 3 is 1.36 bits per heavy atom. The molecule has 3 saturated heterocycles. The molecule has 3 fully saturated rings. The third-order valence-corrected chi connectivity index (χ3v) is 20.9. The van der Waals surface area contributed by atoms with Crippen LogP contribution in [0.4, 0.5) is 26.3 Å². The Morgan fingerprint density at radius 2 is 0.952 bits per heavy atom. The minimum absolute atomic E-state index is 0.0123. The van der Waals surface area contributed by atoms with Gasteiger partial charge in [-0.2, -0.15) is 9.59 Å². The molecule has 4 N–H and O–H groups in total. The Bertz CT molecular complexity index is 4530. The van der Waals surface area contributed by atoms with Gasteiger partial charge in [-0.05, 0) is 199 Å². The van der Waals surface area contributed by atoms with Crippen LogP contribution in [-0.4, -0.2) is 157 Å². The van der Waals surface area contributed by atoms with E-state index >= 15 is 0 Å². The molecule has 0 aliphatic carbocycles. The second-order valence-corrected chi connectivity index (χ2v) is 28.8. The molecule has 0 bridgehead atoms. The van der Waals surface area contributed by atoms with Crippen LogP contribution in [-0.2, 0) is 22.6 Å². The summed E-state index contributed by atoms with van der Waals surface area (Å²) < 4.78 is 98.9. The summed E-state index contributed by atoms with van der Waals surface area (Å²) in [4.78, 5) is 81.8. The fourth-order valence-corrected chi connectivity index (χ4v) is 15.9. The summed E-state index contributed by atoms with van der Waals surface area (Å²) in [5, 5.41) is 3.12. The van der Waals surface area contributed by atoms with Crippen molar-refractivity contribution >= 4 is 50.6 Å². The number of aryl methyl sites for hydroxylation is 3. The molecule has 0 amide bonds. The largest absolute Gasteiger partial charge is 0.496 e. The van der Waals surface area contributed by atoms with Gasteiger partial charge < -0.3 is 38.9 Å². The molecule has 3 atom stereocenters. The highest BCUT2D eigenvalue weighted by atomic mass is 19.3. The number of aromatic nitrogens is 7. The van der Waals surface area contributed by atoms with Crippen LogP contribution in [0.1, 0.15) is 165 Å². The number of H-pyrrole nitrogens is 2. The summed E-state index contributed by atoms with van der Waals surface area (Å²) in [6.45, 7) is 23.2. The number of alkyl halides is 6. The van der Waals surface area contributed by atoms with Crippen molar-refractivity contribution < 1.29 is 55.0 Å². The highest BCUT2D eigenvalue weighted by Gasteiger charge is 2.36. The van der Waals surface area contributed by atoms with E-state index in [1.807, 2.05) is 71.0 Å². The number of piperidine rings is 3. The zero-order valence-corrected chi connectivity index (χ0v) is 62.8. The number of carbonyl (C=O) groups is 2. The minimum atomic E-state index is -2.69. The van der Waals surface area contributed by atoms with Gasteiger partial charge in [-0.3, -0.25) is 38.4 Å². The second-order valence-electron chi connectivity index (χ2n) is 28.8. The number of nitrogens with one attached hydrogen (secondary N) is 2. The van der Waals surface area contributed by atoms with Gasteiger partial charge in [-0.1, -0.05) is 54.6 Å². The van der Waals surface area contributed by atoms with E-state index in [1.165, 1.54) is 41.7 Å². The number of nitrogens with two attached hydrogens (primary N) is 1. The molecule has 19 nitrogen and oxygen atoms in total. The van der Waals surface area contributed by atoms with Gasteiger partial charge in [0.05, 0.1) is 50.5 Å². The molecule has 0 radical (unpaired) electrons. The number of imidazole rings is 1. The molecule has 0 saturated carbocycles. The summed E-state index contributed by atoms with van der Waals surface area (Å²) in [7, 11) is 3.05. The standard InChI is InChI=1S/C29H37F2N3O3.C23H28F2N4O.C19H26F2N2.C8H12N2O2.CO2/c1-18-16-26(37-5)23(28(36)32-18)10-11-25(35)27-20(3)34(24-9-7-6-8-22(24)27)19(2)21-12-14-33(15-13-21)17-29(4,30)31;1-16(18-8-11-27(12-9-18)14-23(3,24)25)29-17(2)21(19-6-4-5-7-20(19)29)22(30)28-13-10-26-15-28;1-14-12-17-6-4-5-7-18(17)23(14)15(2)16-8-10-22(11-9-16)13-19(3,20)21;1-5-3-7(12-2)6(4-9)8(11)10-5;2-1-3/h6-9,16,19,21H,10-15,17H2,1-5H3,(H,32,36);4-7,10,13,15-16,18H,8-9,11-12,14H2,1-3H3;4-7,12,15-16H,8-11,13H2,1-3H3;3H,4,9H2,1-2H3,(H,10,11);/t19-;16-;15-;;/m111../s1. The van der Waals surface area contributed by atoms with E-state index in [9.17, 15) is 45.5 Å². The molecular weight excluding hydrogens is 1360 g/mol. The summed E-state index contributed by atoms with van der Waals surface area (Å²) in [6, 6.07) is 30.8. The Balaban J connectivity index is 0.000000184. The molecular formula is C80H103F6N11O8. The number of methoxy groups -OCH3 is 2. The highest BCUT2D eigenvalue weighted by molar-refractivity contribution is 6.10. The van der Waals surface area contributed by atoms with Crippen LogP contribution >= 0.6 is 0 Å². The summed E-state index contributed by atoms with van der Waals surface area (Å²) in [6.07, 6.45) is 10.9. The molecule has 568 valence electrons. The normalized spacial score (nSPS) is 16.2. The second kappa shape index (κ2) is 35.9. The average molecular weight is 1460 g/mol. The van der Waals surface area contributed by atoms with Crippen molar-refractivity contribution in [2.45, 2.75) is 170 Å². The topological polar surface area (TPSA) is 221 Å². The number of ether oxygens (including phenoxy) is 2. The first-order valence-electron chi connectivity index (χ1n) is 36.1. The first-order valence-corrected chi connectivity index (χ1v) is 36.1. The lowest BCUT2D eigenvalue weighted by atomic mass is 9.89. The maximum atomic E-state index is 13.6. The number of rotatable bonds is 20. The lowest BCUT2D eigenvalue weighted by molar-refractivity contribution is -0.191. The number of para-hydroxylation sites is 3. The summed E-state index contributed by atoms with van der Waals surface area (Å²) in [5.74, 6) is -5.74. The molecule has 25 heteroatoms. The Labute approximate surface area is 610 Å². The van der Waals surface area contributed by atoms with Gasteiger partial charge in [0.15, 0.2) is 5.78 Å². The number of fused-ring (bicyclic) bond motifs is 3. The monoisotopic (exact) mass is 1460 g/mol. The zero-order valence-electron chi connectivity index (χ0n) is 62.8. The van der Waals surface area contributed by atoms with Gasteiger partial charge in [-0.15, -0.1) is 0 Å². The highest BCUT2D eigenvalue weighted by Crippen LogP contribution is 2.40. The van der Waals surface area contributed by atoms with Crippen molar-refractivity contribution in [2.24, 2.45) is 23.5 Å². The van der Waals surface area contributed by atoms with E-state index in [0.717, 1.165) is 111 Å². The first kappa shape index (κ1) is 81.8. The molecule has 9 aromatic rings. The van der Waals surface area contributed by atoms with E-state index in [0.29, 0.717) is 89.4 Å². The van der Waals surface area contributed by atoms with Gasteiger partial charge in [0.25, 0.3) is 34.8 Å². The van der Waals surface area contributed by atoms with Crippen molar-refractivity contribution in [3.8, 4) is 11.5 Å². The number of carbonyl (C=O) groups excluding carboxylic acids is 4. The van der Waals surface area contributed by atoms with Crippen LogP contribution in [0.3, 0.4) is 0 Å². The number of ketones is 1. The fraction of sp³-hybridized carbons (Fsp3) is 0.500. The summed E-state index contributed by atoms with van der Waals surface area (Å²) >= 11 is 0. The molecule has 105 heavy (non-hydrogen) atoms. The number of halogens is 6. The SMILES string of the molecule is COc1cc(C)[nH]c(=O)c1CCC(=O)c1c(C)n([C@H](C)C2CCN(CC(C)(F)F)CC2)c2ccccc12.COc1cc(C)[nH]c(=O)c1CN.Cc1c(C(=O)n2ccnc2)c2ccccc2n1[C@H](C)C1CCN(CC(C)(F)F)CC1.Cc1cc2ccccc2n1[C@H](C)C1CCN(CC(C)(F)F)CC1.O=C=O. The molecule has 3 aromatic carbocycles. The first-order chi connectivity index (χ1) is 49.7. The van der Waals surface area contributed by atoms with Crippen LogP contribution in [0.2, 0.25) is 0 Å². The Hall–Kier alpha value is -8.87. The lowest BCUT2D eigenvalue weighted by Gasteiger charge is -2.37. The minimum Gasteiger partial charge on any atom is -0.496 e. The van der Waals surface area contributed by atoms with Crippen LogP contribution in [0.5, 0.6) is 11.5 Å². The van der Waals surface area contributed by atoms with E-state index < -0.39 is 17.8 Å². The number of likely N-dealkylation sites (tertiary alicyclic amines) is 3. The van der Waals surface area contributed by atoms with E-state index in [2.05, 4.69) is 92.7 Å². The van der Waals surface area contributed by atoms with Crippen molar-refractivity contribution in [1.82, 2.24) is 47.9 Å². The predicted molar refractivity (Wildman–Crippen MR) is 398 cm³/mol. The smallest absolute Gasteiger partial charge is 0.373 e. The van der Waals surface area contributed by atoms with E-state index in [-0.39, 0.29) is 80.1 Å². The average Bonchev–Trinajstić information content (AvgIpc) is 1.61. The third kappa shape index (κ3) is 20.8. The zero-order chi connectivity index (χ0) is 76.8. The van der Waals surface area contributed by atoms with Gasteiger partial charge in [0, 0.05) is 126 Å². The molecule has 0 unspecified atom stereocenters. The number of hydrogen-bond donors (Lipinski definition) is 3. The van der Waals surface area contributed by atoms with Crippen LogP contribution in [0.15, 0.2) is 119 Å². The molecule has 12 rings (SSSR count). The van der Waals surface area contributed by atoms with E-state index in [1.54, 1.807) is 38.4 Å². The number of Topliss-reactive ketones (excluding diaryl/α,β-unsaturated/α-hetero) is 1.